The van der Waals surface area contributed by atoms with E-state index in [0.717, 1.165) is 6.33 Å². The summed E-state index contributed by atoms with van der Waals surface area (Å²) in [5, 5.41) is 2.66. The Morgan fingerprint density at radius 1 is 0.783 bits per heavy atom. The second-order valence-electron chi connectivity index (χ2n) is 13.7. The van der Waals surface area contributed by atoms with Gasteiger partial charge in [-0.25, -0.2) is 43.2 Å². The van der Waals surface area contributed by atoms with Crippen molar-refractivity contribution in [3.8, 4) is 0 Å². The number of fused-ring (bicyclic) bond motifs is 4. The summed E-state index contributed by atoms with van der Waals surface area (Å²) in [6, 6.07) is 16.9. The Morgan fingerprint density at radius 3 is 1.98 bits per heavy atom. The molecule has 3 aliphatic rings. The molecule has 1 amide bonds. The van der Waals surface area contributed by atoms with E-state index in [4.69, 9.17) is 39.4 Å². The number of nitrogens with one attached hydrogen (secondary N) is 1. The fourth-order valence-corrected chi connectivity index (χ4v) is 9.97. The quantitative estimate of drug-likeness (QED) is 0.110. The largest absolute Gasteiger partial charge is 0.386 e. The number of carbonyl (C=O) groups is 2. The molecule has 7 heterocycles. The van der Waals surface area contributed by atoms with E-state index >= 15 is 8.78 Å². The fraction of sp³-hybridized carbons (Fsp3) is 0.314. The molecule has 10 atom stereocenters. The average Bonchev–Trinajstić information content (AvgIpc) is 4.01. The number of anilines is 1. The molecule has 9 rings (SSSR count). The highest BCUT2D eigenvalue weighted by Crippen LogP contribution is 2.58. The second kappa shape index (κ2) is 16.4. The number of imidazole rings is 2. The number of carbonyl (C=O) groups excluding carboxylic acids is 2. The van der Waals surface area contributed by atoms with Crippen molar-refractivity contribution >= 4 is 77.4 Å². The van der Waals surface area contributed by atoms with Gasteiger partial charge in [0.05, 0.1) is 38.0 Å². The number of thiol groups is 1. The summed E-state index contributed by atoms with van der Waals surface area (Å²) in [5.74, 6) is -0.665. The number of nitrogens with zero attached hydrogens (tertiary/aromatic N) is 8. The number of halogens is 2. The summed E-state index contributed by atoms with van der Waals surface area (Å²) >= 11 is 9.34. The van der Waals surface area contributed by atoms with Gasteiger partial charge in [-0.3, -0.25) is 32.3 Å². The normalized spacial score (nSPS) is 30.9. The van der Waals surface area contributed by atoms with Crippen LogP contribution in [-0.2, 0) is 50.4 Å². The number of benzene rings is 2. The number of alkyl halides is 2. The average molecular weight is 902 g/mol. The number of ether oxygens (including phenoxy) is 2. The predicted molar refractivity (Wildman–Crippen MR) is 212 cm³/mol. The van der Waals surface area contributed by atoms with Crippen LogP contribution in [0.2, 0.25) is 0 Å². The van der Waals surface area contributed by atoms with Crippen molar-refractivity contribution in [3.05, 3.63) is 103 Å². The Labute approximate surface area is 347 Å². The first-order chi connectivity index (χ1) is 28.9. The van der Waals surface area contributed by atoms with E-state index in [2.05, 4.69) is 47.5 Å². The smallest absolute Gasteiger partial charge is 0.346 e. The molecule has 0 spiro atoms. The molecule has 4 aromatic heterocycles. The van der Waals surface area contributed by atoms with Crippen molar-refractivity contribution in [1.82, 2.24) is 39.0 Å². The first kappa shape index (κ1) is 40.9. The van der Waals surface area contributed by atoms with Crippen LogP contribution in [0.15, 0.2) is 86.0 Å². The maximum atomic E-state index is 16.5. The van der Waals surface area contributed by atoms with E-state index in [1.165, 1.54) is 28.1 Å². The summed E-state index contributed by atoms with van der Waals surface area (Å²) in [5.41, 5.74) is 1.59. The van der Waals surface area contributed by atoms with Crippen molar-refractivity contribution < 1.29 is 55.4 Å². The van der Waals surface area contributed by atoms with Gasteiger partial charge < -0.3 is 24.2 Å². The predicted octanol–water partition coefficient (Wildman–Crippen LogP) is 4.89. The van der Waals surface area contributed by atoms with Gasteiger partial charge in [0.15, 0.2) is 53.2 Å². The molecule has 6 aromatic rings. The highest BCUT2D eigenvalue weighted by atomic mass is 32.7. The van der Waals surface area contributed by atoms with Crippen LogP contribution in [-0.4, -0.2) is 106 Å². The SMILES string of the molecule is O=C(Cc1ncnc2c1ncn2[C@@H]1O[C@@H]2COP(O)(=S)O[C@H]3[C@@H](F)[C@H](n4cnc5c(NC(=O)c6ccccc6)ncnc54)O[C@@H]3COP(=O)(S)O[C@H]2[C@H]1F)c1ccccc1. The minimum absolute atomic E-state index is 0.0373. The number of rotatable bonds is 7. The van der Waals surface area contributed by atoms with Crippen molar-refractivity contribution in [2.45, 2.75) is 55.6 Å². The number of aromatic nitrogens is 8. The lowest BCUT2D eigenvalue weighted by Gasteiger charge is -2.29. The van der Waals surface area contributed by atoms with Gasteiger partial charge in [-0.1, -0.05) is 60.8 Å². The van der Waals surface area contributed by atoms with Crippen LogP contribution in [0.1, 0.15) is 38.9 Å². The van der Waals surface area contributed by atoms with Crippen molar-refractivity contribution in [3.63, 3.8) is 0 Å². The number of hydrogen-bond donors (Lipinski definition) is 3. The Kier molecular flexibility index (Phi) is 11.2. The zero-order chi connectivity index (χ0) is 41.8. The summed E-state index contributed by atoms with van der Waals surface area (Å²) in [6.45, 7) is -10.3. The molecule has 19 nitrogen and oxygen atoms in total. The lowest BCUT2D eigenvalue weighted by atomic mass is 10.1. The van der Waals surface area contributed by atoms with Crippen molar-refractivity contribution in [2.75, 3.05) is 18.5 Å². The molecule has 2 N–H and O–H groups in total. The molecule has 3 aliphatic heterocycles. The Bertz CT molecular complexity index is 2510. The summed E-state index contributed by atoms with van der Waals surface area (Å²) < 4.78 is 83.6. The molecular formula is C35H31F2N9O10P2S2. The number of amides is 1. The van der Waals surface area contributed by atoms with Crippen molar-refractivity contribution in [2.24, 2.45) is 0 Å². The number of hydrogen-bond acceptors (Lipinski definition) is 16. The zero-order valence-electron chi connectivity index (χ0n) is 30.5. The lowest BCUT2D eigenvalue weighted by Crippen LogP contribution is -2.37. The zero-order valence-corrected chi connectivity index (χ0v) is 34.0. The van der Waals surface area contributed by atoms with Gasteiger partial charge in [-0.05, 0) is 23.9 Å². The number of Topliss-reactive ketones (excluding diaryl/α,β-unsaturated/α-hetero) is 1. The minimum Gasteiger partial charge on any atom is -0.346 e. The van der Waals surface area contributed by atoms with Crippen LogP contribution < -0.4 is 5.32 Å². The van der Waals surface area contributed by atoms with Crippen molar-refractivity contribution in [1.29, 1.82) is 0 Å². The first-order valence-electron chi connectivity index (χ1n) is 18.0. The molecule has 3 saturated heterocycles. The van der Waals surface area contributed by atoms with Gasteiger partial charge in [0.1, 0.15) is 42.6 Å². The van der Waals surface area contributed by atoms with Gasteiger partial charge in [0.25, 0.3) is 5.91 Å². The molecule has 3 fully saturated rings. The van der Waals surface area contributed by atoms with Gasteiger partial charge in [-0.2, -0.15) is 0 Å². The fourth-order valence-electron chi connectivity index (χ4n) is 7.05. The first-order valence-corrected chi connectivity index (χ1v) is 23.3. The maximum absolute atomic E-state index is 16.5. The Balaban J connectivity index is 0.938. The van der Waals surface area contributed by atoms with E-state index in [0.29, 0.717) is 11.1 Å². The number of ketones is 1. The van der Waals surface area contributed by atoms with E-state index in [-0.39, 0.29) is 46.0 Å². The van der Waals surface area contributed by atoms with Crippen LogP contribution in [0, 0.1) is 0 Å². The second-order valence-corrected chi connectivity index (χ2v) is 19.3. The van der Waals surface area contributed by atoms with Crippen LogP contribution in [0.25, 0.3) is 22.3 Å². The molecule has 2 unspecified atom stereocenters. The molecular weight excluding hydrogens is 871 g/mol. The van der Waals surface area contributed by atoms with Gasteiger partial charge in [-0.15, -0.1) is 0 Å². The summed E-state index contributed by atoms with van der Waals surface area (Å²) in [4.78, 5) is 62.4. The van der Waals surface area contributed by atoms with Crippen LogP contribution in [0.4, 0.5) is 14.6 Å². The van der Waals surface area contributed by atoms with E-state index in [1.54, 1.807) is 60.7 Å². The van der Waals surface area contributed by atoms with Gasteiger partial charge in [0, 0.05) is 11.1 Å². The molecule has 0 radical (unpaired) electrons. The standard InChI is InChI=1S/C35H31F2N9O10P2S2/c36-24-28-22(53-34(24)45-16-42-26-20(38-14-40-31(26)45)11-21(47)18-7-3-1-4-8-18)12-51-58(50,60)56-29-23(13-52-57(49,59)55-28)54-35(25(29)37)46-17-43-27-30(39-15-41-32(27)46)44-33(48)19-9-5-2-6-10-19/h1-10,14-17,22-25,28-29,34-35H,11-13H2,(H,49,59)(H,50,60)(H,39,41,44,48)/t22-,23-,24-,25-,28-,29-,34-,35-,57?,58?/m1/s1. The molecule has 312 valence electrons. The molecule has 2 aromatic carbocycles. The summed E-state index contributed by atoms with van der Waals surface area (Å²) in [6.07, 6.45) is -8.80. The molecule has 25 heteroatoms. The molecule has 0 bridgehead atoms. The summed E-state index contributed by atoms with van der Waals surface area (Å²) in [7, 11) is 0. The highest BCUT2D eigenvalue weighted by Gasteiger charge is 2.54. The highest BCUT2D eigenvalue weighted by molar-refractivity contribution is 8.44. The van der Waals surface area contributed by atoms with E-state index in [1.807, 2.05) is 0 Å². The molecule has 60 heavy (non-hydrogen) atoms. The topological polar surface area (TPSA) is 226 Å². The Morgan fingerprint density at radius 2 is 1.33 bits per heavy atom. The monoisotopic (exact) mass is 901 g/mol. The minimum atomic E-state index is -4.50. The molecule has 0 aliphatic carbocycles. The third-order valence-corrected chi connectivity index (χ3v) is 13.1. The van der Waals surface area contributed by atoms with E-state index in [9.17, 15) is 19.0 Å². The third kappa shape index (κ3) is 8.03. The van der Waals surface area contributed by atoms with Crippen LogP contribution in [0.3, 0.4) is 0 Å². The lowest BCUT2D eigenvalue weighted by molar-refractivity contribution is -0.0564. The third-order valence-electron chi connectivity index (χ3n) is 9.88. The van der Waals surface area contributed by atoms with Gasteiger partial charge >= 0.3 is 13.5 Å². The van der Waals surface area contributed by atoms with Crippen LogP contribution in [0.5, 0.6) is 0 Å². The maximum Gasteiger partial charge on any atom is 0.386 e. The van der Waals surface area contributed by atoms with Crippen LogP contribution >= 0.6 is 25.8 Å². The Hall–Kier alpha value is -4.51. The van der Waals surface area contributed by atoms with Gasteiger partial charge in [0.2, 0.25) is 0 Å². The molecule has 0 saturated carbocycles. The van der Waals surface area contributed by atoms with E-state index < -0.39 is 81.9 Å².